The molecule has 0 N–H and O–H groups in total. The summed E-state index contributed by atoms with van der Waals surface area (Å²) in [5.41, 5.74) is 0.949. The maximum Gasteiger partial charge on any atom is 0.252 e. The van der Waals surface area contributed by atoms with Crippen molar-refractivity contribution in [2.24, 2.45) is 4.99 Å². The van der Waals surface area contributed by atoms with E-state index in [0.717, 1.165) is 20.8 Å². The molecule has 0 bridgehead atoms. The molecule has 2 heterocycles. The molecular formula is C16H20I2N4O2S. The summed E-state index contributed by atoms with van der Waals surface area (Å²) < 4.78 is 12.3. The second-order valence-electron chi connectivity index (χ2n) is 4.96. The van der Waals surface area contributed by atoms with Crippen LogP contribution in [0.3, 0.4) is 0 Å². The van der Waals surface area contributed by atoms with Gasteiger partial charge in [0.15, 0.2) is 5.17 Å². The number of ether oxygens (including phenoxy) is 1. The molecule has 2 aromatic rings. The number of morpholine rings is 1. The molecule has 9 heteroatoms. The van der Waals surface area contributed by atoms with E-state index >= 15 is 0 Å². The largest absolute Gasteiger partial charge is 0.377 e. The van der Waals surface area contributed by atoms with E-state index in [9.17, 15) is 0 Å². The first-order valence-electron chi connectivity index (χ1n) is 7.55. The Morgan fingerprint density at radius 1 is 1.40 bits per heavy atom. The van der Waals surface area contributed by atoms with Crippen LogP contribution in [0.4, 0.5) is 0 Å². The lowest BCUT2D eigenvalue weighted by molar-refractivity contribution is 0.0154. The Balaban J connectivity index is 0.00000109. The number of alkyl halides is 1. The third-order valence-electron chi connectivity index (χ3n) is 3.56. The van der Waals surface area contributed by atoms with Gasteiger partial charge >= 0.3 is 0 Å². The molecule has 0 radical (unpaired) electrons. The van der Waals surface area contributed by atoms with Gasteiger partial charge in [0, 0.05) is 22.7 Å². The monoisotopic (exact) mass is 586 g/mol. The van der Waals surface area contributed by atoms with Crippen molar-refractivity contribution >= 4 is 62.1 Å². The van der Waals surface area contributed by atoms with Gasteiger partial charge in [-0.1, -0.05) is 51.6 Å². The van der Waals surface area contributed by atoms with E-state index in [4.69, 9.17) is 9.26 Å². The smallest absolute Gasteiger partial charge is 0.252 e. The molecule has 0 aliphatic carbocycles. The van der Waals surface area contributed by atoms with E-state index in [1.807, 2.05) is 35.5 Å². The Bertz CT molecular complexity index is 711. The average Bonchev–Trinajstić information content (AvgIpc) is 3.15. The number of hydrogen-bond donors (Lipinski definition) is 0. The van der Waals surface area contributed by atoms with Crippen LogP contribution in [0.15, 0.2) is 33.8 Å². The van der Waals surface area contributed by atoms with Crippen LogP contribution in [0.2, 0.25) is 0 Å². The molecule has 1 aromatic heterocycles. The van der Waals surface area contributed by atoms with Crippen molar-refractivity contribution in [3.05, 3.63) is 33.7 Å². The highest BCUT2D eigenvalue weighted by Gasteiger charge is 2.31. The van der Waals surface area contributed by atoms with Crippen LogP contribution in [0.25, 0.3) is 11.4 Å². The van der Waals surface area contributed by atoms with E-state index in [1.165, 1.54) is 0 Å². The van der Waals surface area contributed by atoms with Gasteiger partial charge in [0.25, 0.3) is 5.89 Å². The highest BCUT2D eigenvalue weighted by Crippen LogP contribution is 2.28. The van der Waals surface area contributed by atoms with Gasteiger partial charge in [-0.15, -0.1) is 0 Å². The number of amidine groups is 1. The van der Waals surface area contributed by atoms with Crippen LogP contribution >= 0.6 is 56.9 Å². The molecule has 0 saturated carbocycles. The van der Waals surface area contributed by atoms with Crippen molar-refractivity contribution < 1.29 is 9.26 Å². The lowest BCUT2D eigenvalue weighted by Gasteiger charge is -2.34. The van der Waals surface area contributed by atoms with Crippen LogP contribution in [0.1, 0.15) is 11.9 Å². The predicted molar refractivity (Wildman–Crippen MR) is 120 cm³/mol. The molecular weight excluding hydrogens is 566 g/mol. The predicted octanol–water partition coefficient (Wildman–Crippen LogP) is 4.11. The summed E-state index contributed by atoms with van der Waals surface area (Å²) in [6.07, 6.45) is 2.01. The van der Waals surface area contributed by atoms with Crippen molar-refractivity contribution in [1.82, 2.24) is 15.0 Å². The number of hydrogen-bond acceptors (Lipinski definition) is 6. The minimum Gasteiger partial charge on any atom is -0.377 e. The Morgan fingerprint density at radius 3 is 2.88 bits per heavy atom. The van der Waals surface area contributed by atoms with Crippen LogP contribution < -0.4 is 0 Å². The Kier molecular flexibility index (Phi) is 8.93. The standard InChI is InChI=1S/C15H17IN4O2S.CH3I/c1-17-15(23-2)20-6-7-21-9-12(20)14-18-13(19-22-14)10-4-3-5-11(16)8-10;1-2/h3-5,8,12H,6-7,9H2,1-2H3;1H3. The van der Waals surface area contributed by atoms with Crippen molar-refractivity contribution in [2.45, 2.75) is 6.04 Å². The topological polar surface area (TPSA) is 63.8 Å². The van der Waals surface area contributed by atoms with E-state index in [-0.39, 0.29) is 6.04 Å². The lowest BCUT2D eigenvalue weighted by atomic mass is 10.2. The number of nitrogens with zero attached hydrogens (tertiary/aromatic N) is 4. The number of aliphatic imine (C=N–C) groups is 1. The van der Waals surface area contributed by atoms with E-state index in [2.05, 4.69) is 65.2 Å². The number of halogens is 2. The van der Waals surface area contributed by atoms with Gasteiger partial charge in [0.2, 0.25) is 5.82 Å². The van der Waals surface area contributed by atoms with Crippen LogP contribution in [0, 0.1) is 3.57 Å². The summed E-state index contributed by atoms with van der Waals surface area (Å²) in [6, 6.07) is 7.93. The quantitative estimate of drug-likeness (QED) is 0.229. The fourth-order valence-corrected chi connectivity index (χ4v) is 3.67. The van der Waals surface area contributed by atoms with Gasteiger partial charge in [-0.3, -0.25) is 4.99 Å². The maximum atomic E-state index is 5.61. The lowest BCUT2D eigenvalue weighted by Crippen LogP contribution is -2.42. The SMILES string of the molecule is CI.CN=C(SC)N1CCOCC1c1nc(-c2cccc(I)c2)no1. The Hall–Kier alpha value is -0.400. The third kappa shape index (κ3) is 5.30. The van der Waals surface area contributed by atoms with Gasteiger partial charge in [-0.05, 0) is 45.9 Å². The molecule has 3 rings (SSSR count). The fourth-order valence-electron chi connectivity index (χ4n) is 2.49. The van der Waals surface area contributed by atoms with Crippen molar-refractivity contribution in [2.75, 3.05) is 38.0 Å². The number of aromatic nitrogens is 2. The Labute approximate surface area is 179 Å². The van der Waals surface area contributed by atoms with Crippen LogP contribution in [-0.4, -0.2) is 58.2 Å². The average molecular weight is 586 g/mol. The summed E-state index contributed by atoms with van der Waals surface area (Å²) in [7, 11) is 1.80. The third-order valence-corrected chi connectivity index (χ3v) is 5.01. The molecule has 1 atom stereocenters. The first-order valence-corrected chi connectivity index (χ1v) is 12.0. The fraction of sp³-hybridized carbons (Fsp3) is 0.438. The van der Waals surface area contributed by atoms with E-state index in [0.29, 0.717) is 24.9 Å². The van der Waals surface area contributed by atoms with Gasteiger partial charge in [0.05, 0.1) is 13.2 Å². The molecule has 136 valence electrons. The Morgan fingerprint density at radius 2 is 2.20 bits per heavy atom. The molecule has 6 nitrogen and oxygen atoms in total. The molecule has 0 amide bonds. The maximum absolute atomic E-state index is 5.61. The highest BCUT2D eigenvalue weighted by molar-refractivity contribution is 14.1. The van der Waals surface area contributed by atoms with Crippen molar-refractivity contribution in [3.8, 4) is 11.4 Å². The molecule has 1 aromatic carbocycles. The highest BCUT2D eigenvalue weighted by atomic mass is 127. The van der Waals surface area contributed by atoms with E-state index < -0.39 is 0 Å². The summed E-state index contributed by atoms with van der Waals surface area (Å²) in [5.74, 6) is 1.16. The van der Waals surface area contributed by atoms with E-state index in [1.54, 1.807) is 18.8 Å². The zero-order chi connectivity index (χ0) is 18.2. The molecule has 25 heavy (non-hydrogen) atoms. The number of benzene rings is 1. The van der Waals surface area contributed by atoms with Crippen LogP contribution in [-0.2, 0) is 4.74 Å². The molecule has 1 unspecified atom stereocenters. The zero-order valence-corrected chi connectivity index (χ0v) is 19.4. The van der Waals surface area contributed by atoms with Gasteiger partial charge in [-0.2, -0.15) is 4.98 Å². The molecule has 1 aliphatic rings. The summed E-state index contributed by atoms with van der Waals surface area (Å²) >= 11 is 6.03. The van der Waals surface area contributed by atoms with Crippen molar-refractivity contribution in [1.29, 1.82) is 0 Å². The first-order chi connectivity index (χ1) is 12.2. The van der Waals surface area contributed by atoms with Crippen LogP contribution in [0.5, 0.6) is 0 Å². The molecule has 0 spiro atoms. The minimum atomic E-state index is -0.0982. The summed E-state index contributed by atoms with van der Waals surface area (Å²) in [4.78, 5) is 13.1. The normalized spacial score (nSPS) is 17.9. The molecule has 1 fully saturated rings. The summed E-state index contributed by atoms with van der Waals surface area (Å²) in [5, 5.41) is 5.08. The molecule has 1 saturated heterocycles. The molecule has 1 aliphatic heterocycles. The zero-order valence-electron chi connectivity index (χ0n) is 14.3. The van der Waals surface area contributed by atoms with Gasteiger partial charge in [-0.25, -0.2) is 0 Å². The number of thioether (sulfide) groups is 1. The first kappa shape index (κ1) is 20.9. The summed E-state index contributed by atoms with van der Waals surface area (Å²) in [6.45, 7) is 1.96. The second kappa shape index (κ2) is 10.7. The van der Waals surface area contributed by atoms with Crippen molar-refractivity contribution in [3.63, 3.8) is 0 Å². The van der Waals surface area contributed by atoms with Gasteiger partial charge < -0.3 is 14.2 Å². The second-order valence-corrected chi connectivity index (χ2v) is 6.98. The van der Waals surface area contributed by atoms with Gasteiger partial charge in [0.1, 0.15) is 6.04 Å². The minimum absolute atomic E-state index is 0.0982. The number of rotatable bonds is 2.